The van der Waals surface area contributed by atoms with Gasteiger partial charge in [0.05, 0.1) is 5.56 Å². The van der Waals surface area contributed by atoms with Gasteiger partial charge in [-0.3, -0.25) is 0 Å². The molecule has 112 valence electrons. The van der Waals surface area contributed by atoms with Gasteiger partial charge in [-0.2, -0.15) is 0 Å². The van der Waals surface area contributed by atoms with E-state index in [4.69, 9.17) is 14.3 Å². The summed E-state index contributed by atoms with van der Waals surface area (Å²) in [5.74, 6) is -0.512. The molecular weight excluding hydrogens is 290 g/mol. The van der Waals surface area contributed by atoms with Crippen LogP contribution in [-0.4, -0.2) is 22.7 Å². The zero-order valence-electron chi connectivity index (χ0n) is 11.8. The van der Waals surface area contributed by atoms with Crippen molar-refractivity contribution in [1.29, 1.82) is 0 Å². The number of hydrogen-bond acceptors (Lipinski definition) is 5. The number of hydrogen-bond donors (Lipinski definition) is 1. The van der Waals surface area contributed by atoms with Gasteiger partial charge in [0.25, 0.3) is 0 Å². The van der Waals surface area contributed by atoms with Crippen LogP contribution in [0.1, 0.15) is 48.0 Å². The van der Waals surface area contributed by atoms with E-state index in [1.807, 2.05) is 12.3 Å². The second-order valence-corrected chi connectivity index (χ2v) is 6.04. The summed E-state index contributed by atoms with van der Waals surface area (Å²) in [5.41, 5.74) is 0.549. The van der Waals surface area contributed by atoms with Gasteiger partial charge in [-0.25, -0.2) is 9.78 Å². The zero-order valence-corrected chi connectivity index (χ0v) is 12.6. The molecule has 0 saturated heterocycles. The van der Waals surface area contributed by atoms with Crippen LogP contribution in [0.3, 0.4) is 0 Å². The van der Waals surface area contributed by atoms with Crippen LogP contribution >= 0.6 is 11.3 Å². The number of ether oxygens (including phenoxy) is 1. The number of carboxylic acids is 1. The lowest BCUT2D eigenvalue weighted by Gasteiger charge is -2.26. The molecule has 1 saturated carbocycles. The monoisotopic (exact) mass is 307 g/mol. The van der Waals surface area contributed by atoms with Crippen molar-refractivity contribution in [3.63, 3.8) is 0 Å². The Kier molecular flexibility index (Phi) is 3.82. The zero-order chi connectivity index (χ0) is 14.9. The lowest BCUT2D eigenvalue weighted by atomic mass is 10.0. The number of aromatic carboxylic acids is 1. The van der Waals surface area contributed by atoms with E-state index in [-0.39, 0.29) is 11.2 Å². The molecule has 2 heterocycles. The molecule has 2 aromatic rings. The van der Waals surface area contributed by atoms with Gasteiger partial charge in [-0.15, -0.1) is 11.3 Å². The largest absolute Gasteiger partial charge is 0.478 e. The van der Waals surface area contributed by atoms with E-state index >= 15 is 0 Å². The molecule has 5 nitrogen and oxygen atoms in total. The number of carbonyl (C=O) groups is 1. The molecule has 1 N–H and O–H groups in total. The van der Waals surface area contributed by atoms with E-state index in [1.165, 1.54) is 12.3 Å². The summed E-state index contributed by atoms with van der Waals surface area (Å²) in [4.78, 5) is 15.5. The molecule has 1 fully saturated rings. The van der Waals surface area contributed by atoms with E-state index < -0.39 is 5.97 Å². The van der Waals surface area contributed by atoms with Gasteiger partial charge in [-0.05, 0) is 19.8 Å². The summed E-state index contributed by atoms with van der Waals surface area (Å²) in [6, 6.07) is 1.50. The summed E-state index contributed by atoms with van der Waals surface area (Å²) in [7, 11) is 0. The Morgan fingerprint density at radius 3 is 2.90 bits per heavy atom. The molecule has 0 unspecified atom stereocenters. The highest BCUT2D eigenvalue weighted by atomic mass is 32.1. The molecular formula is C15H17NO4S. The van der Waals surface area contributed by atoms with Crippen molar-refractivity contribution in [3.05, 3.63) is 28.3 Å². The Morgan fingerprint density at radius 1 is 1.52 bits per heavy atom. The number of carboxylic acid groups (broad SMARTS) is 1. The predicted molar refractivity (Wildman–Crippen MR) is 78.5 cm³/mol. The summed E-state index contributed by atoms with van der Waals surface area (Å²) < 4.78 is 11.3. The molecule has 0 aliphatic heterocycles. The first kappa shape index (κ1) is 14.3. The van der Waals surface area contributed by atoms with Gasteiger partial charge in [0.2, 0.25) is 0 Å². The smallest absolute Gasteiger partial charge is 0.338 e. The van der Waals surface area contributed by atoms with Crippen molar-refractivity contribution < 1.29 is 19.1 Å². The van der Waals surface area contributed by atoms with Crippen molar-refractivity contribution in [2.45, 2.75) is 38.2 Å². The van der Waals surface area contributed by atoms with Crippen LogP contribution in [-0.2, 0) is 10.3 Å². The third kappa shape index (κ3) is 2.61. The Labute approximate surface area is 126 Å². The standard InChI is InChI=1S/C15H17NO4S/c1-2-20-15(5-3-4-6-15)14-16-11(9-21-14)12-7-10(8-19-12)13(17)18/h7-9H,2-6H2,1H3,(H,17,18). The summed E-state index contributed by atoms with van der Waals surface area (Å²) in [6.07, 6.45) is 5.53. The Balaban J connectivity index is 1.89. The number of aromatic nitrogens is 1. The number of thiazole rings is 1. The fourth-order valence-corrected chi connectivity index (χ4v) is 3.84. The molecule has 6 heteroatoms. The molecule has 1 aliphatic rings. The van der Waals surface area contributed by atoms with Crippen LogP contribution in [0.5, 0.6) is 0 Å². The van der Waals surface area contributed by atoms with Crippen LogP contribution in [0.15, 0.2) is 22.1 Å². The minimum atomic E-state index is -0.998. The van der Waals surface area contributed by atoms with E-state index in [2.05, 4.69) is 4.98 Å². The first-order valence-electron chi connectivity index (χ1n) is 7.07. The van der Waals surface area contributed by atoms with Crippen molar-refractivity contribution in [2.24, 2.45) is 0 Å². The Bertz CT molecular complexity index is 640. The second kappa shape index (κ2) is 5.61. The summed E-state index contributed by atoms with van der Waals surface area (Å²) in [6.45, 7) is 2.67. The quantitative estimate of drug-likeness (QED) is 0.906. The maximum absolute atomic E-state index is 10.9. The molecule has 0 spiro atoms. The third-order valence-corrected chi connectivity index (χ3v) is 4.85. The van der Waals surface area contributed by atoms with Crippen LogP contribution in [0, 0.1) is 0 Å². The van der Waals surface area contributed by atoms with Gasteiger partial charge in [0.15, 0.2) is 5.76 Å². The first-order chi connectivity index (χ1) is 10.1. The maximum Gasteiger partial charge on any atom is 0.338 e. The molecule has 0 radical (unpaired) electrons. The van der Waals surface area contributed by atoms with E-state index in [0.717, 1.165) is 30.7 Å². The van der Waals surface area contributed by atoms with E-state index in [1.54, 1.807) is 11.3 Å². The van der Waals surface area contributed by atoms with E-state index in [0.29, 0.717) is 18.1 Å². The third-order valence-electron chi connectivity index (χ3n) is 3.82. The van der Waals surface area contributed by atoms with Gasteiger partial charge in [0.1, 0.15) is 22.6 Å². The highest BCUT2D eigenvalue weighted by Crippen LogP contribution is 2.44. The SMILES string of the molecule is CCOC1(c2nc(-c3cc(C(=O)O)co3)cs2)CCCC1. The number of furan rings is 1. The lowest BCUT2D eigenvalue weighted by molar-refractivity contribution is -0.0390. The Hall–Kier alpha value is -1.66. The predicted octanol–water partition coefficient (Wildman–Crippen LogP) is 3.91. The molecule has 0 atom stereocenters. The summed E-state index contributed by atoms with van der Waals surface area (Å²) in [5, 5.41) is 11.8. The lowest BCUT2D eigenvalue weighted by Crippen LogP contribution is -2.25. The normalized spacial score (nSPS) is 17.2. The van der Waals surface area contributed by atoms with Crippen molar-refractivity contribution >= 4 is 17.3 Å². The van der Waals surface area contributed by atoms with Crippen LogP contribution in [0.4, 0.5) is 0 Å². The van der Waals surface area contributed by atoms with Crippen molar-refractivity contribution in [2.75, 3.05) is 6.61 Å². The summed E-state index contributed by atoms with van der Waals surface area (Å²) >= 11 is 1.55. The van der Waals surface area contributed by atoms with Crippen LogP contribution < -0.4 is 0 Å². The van der Waals surface area contributed by atoms with E-state index in [9.17, 15) is 4.79 Å². The molecule has 1 aliphatic carbocycles. The maximum atomic E-state index is 10.9. The highest BCUT2D eigenvalue weighted by Gasteiger charge is 2.39. The van der Waals surface area contributed by atoms with Gasteiger partial charge in [-0.1, -0.05) is 12.8 Å². The second-order valence-electron chi connectivity index (χ2n) is 5.18. The average molecular weight is 307 g/mol. The molecule has 0 amide bonds. The Morgan fingerprint density at radius 2 is 2.29 bits per heavy atom. The topological polar surface area (TPSA) is 72.6 Å². The highest BCUT2D eigenvalue weighted by molar-refractivity contribution is 7.10. The van der Waals surface area contributed by atoms with Crippen LogP contribution in [0.2, 0.25) is 0 Å². The molecule has 0 bridgehead atoms. The molecule has 3 rings (SSSR count). The van der Waals surface area contributed by atoms with Gasteiger partial charge in [0, 0.05) is 18.1 Å². The van der Waals surface area contributed by atoms with Crippen molar-refractivity contribution in [1.82, 2.24) is 4.98 Å². The first-order valence-corrected chi connectivity index (χ1v) is 7.95. The fourth-order valence-electron chi connectivity index (χ4n) is 2.82. The molecule has 2 aromatic heterocycles. The minimum absolute atomic E-state index is 0.139. The number of rotatable bonds is 5. The molecule has 0 aromatic carbocycles. The number of nitrogens with zero attached hydrogens (tertiary/aromatic N) is 1. The average Bonchev–Trinajstić information content (AvgIpc) is 3.19. The minimum Gasteiger partial charge on any atom is -0.478 e. The molecule has 21 heavy (non-hydrogen) atoms. The van der Waals surface area contributed by atoms with Gasteiger partial charge >= 0.3 is 5.97 Å². The fraction of sp³-hybridized carbons (Fsp3) is 0.467. The van der Waals surface area contributed by atoms with Crippen LogP contribution in [0.25, 0.3) is 11.5 Å². The van der Waals surface area contributed by atoms with Crippen molar-refractivity contribution in [3.8, 4) is 11.5 Å². The van der Waals surface area contributed by atoms with Gasteiger partial charge < -0.3 is 14.3 Å².